The normalized spacial score (nSPS) is 32.3. The van der Waals surface area contributed by atoms with Gasteiger partial charge in [-0.2, -0.15) is 5.10 Å². The van der Waals surface area contributed by atoms with Crippen molar-refractivity contribution in [3.8, 4) is 0 Å². The van der Waals surface area contributed by atoms with Crippen LogP contribution < -0.4 is 5.32 Å². The van der Waals surface area contributed by atoms with Crippen molar-refractivity contribution in [2.75, 3.05) is 6.61 Å². The highest BCUT2D eigenvalue weighted by Crippen LogP contribution is 2.75. The van der Waals surface area contributed by atoms with Gasteiger partial charge in [0.1, 0.15) is 5.82 Å². The molecule has 1 aromatic heterocycles. The molecule has 5 aliphatic carbocycles. The first-order valence-corrected chi connectivity index (χ1v) is 15.5. The number of aromatic nitrogens is 2. The van der Waals surface area contributed by atoms with Crippen LogP contribution in [0.15, 0.2) is 36.4 Å². The number of carbonyl (C=O) groups excluding carboxylic acids is 2. The minimum Gasteiger partial charge on any atom is -0.466 e. The van der Waals surface area contributed by atoms with Crippen LogP contribution >= 0.6 is 0 Å². The van der Waals surface area contributed by atoms with Gasteiger partial charge in [0.2, 0.25) is 0 Å². The van der Waals surface area contributed by atoms with Crippen molar-refractivity contribution in [2.45, 2.75) is 95.6 Å². The van der Waals surface area contributed by atoms with Crippen LogP contribution in [0.3, 0.4) is 0 Å². The number of benzene rings is 1. The zero-order valence-electron chi connectivity index (χ0n) is 23.4. The third-order valence-electron chi connectivity index (χ3n) is 10.6. The first kappa shape index (κ1) is 26.0. The number of nitrogens with zero attached hydrogens (tertiary/aromatic N) is 2. The maximum Gasteiger partial charge on any atom is 0.311 e. The van der Waals surface area contributed by atoms with Crippen molar-refractivity contribution in [1.82, 2.24) is 15.1 Å². The third kappa shape index (κ3) is 4.14. The summed E-state index contributed by atoms with van der Waals surface area (Å²) in [4.78, 5) is 27.1. The SMILES string of the molecule is CCOC(=O)[C@@H]1[C@H](NC(=O)c2nn(C3CCCCC3)c3c2CCCCC3Cc2ccc(F)cc2)C2C=CC3CC321. The molecule has 1 N–H and O–H groups in total. The van der Waals surface area contributed by atoms with E-state index in [0.717, 1.165) is 62.5 Å². The molecule has 7 heteroatoms. The highest BCUT2D eigenvalue weighted by atomic mass is 19.1. The first-order chi connectivity index (χ1) is 19.5. The molecule has 212 valence electrons. The lowest BCUT2D eigenvalue weighted by Gasteiger charge is -2.49. The molecule has 0 saturated heterocycles. The average molecular weight is 546 g/mol. The topological polar surface area (TPSA) is 73.2 Å². The van der Waals surface area contributed by atoms with Crippen LogP contribution in [0.2, 0.25) is 0 Å². The Labute approximate surface area is 235 Å². The van der Waals surface area contributed by atoms with E-state index in [1.54, 1.807) is 0 Å². The zero-order chi connectivity index (χ0) is 27.4. The first-order valence-electron chi connectivity index (χ1n) is 15.5. The molecule has 5 aliphatic rings. The van der Waals surface area contributed by atoms with Crippen LogP contribution in [0.1, 0.15) is 104 Å². The van der Waals surface area contributed by atoms with Gasteiger partial charge in [-0.05, 0) is 75.5 Å². The molecular formula is C33H40FN3O3. The van der Waals surface area contributed by atoms with E-state index >= 15 is 0 Å². The van der Waals surface area contributed by atoms with Gasteiger partial charge in [0.05, 0.1) is 18.6 Å². The summed E-state index contributed by atoms with van der Waals surface area (Å²) >= 11 is 0. The van der Waals surface area contributed by atoms with E-state index in [2.05, 4.69) is 22.2 Å². The van der Waals surface area contributed by atoms with Gasteiger partial charge >= 0.3 is 5.97 Å². The summed E-state index contributed by atoms with van der Waals surface area (Å²) < 4.78 is 21.3. The largest absolute Gasteiger partial charge is 0.466 e. The Morgan fingerprint density at radius 1 is 1.07 bits per heavy atom. The van der Waals surface area contributed by atoms with Crippen LogP contribution in [0.5, 0.6) is 0 Å². The van der Waals surface area contributed by atoms with Gasteiger partial charge < -0.3 is 10.1 Å². The number of nitrogens with one attached hydrogen (secondary N) is 1. The van der Waals surface area contributed by atoms with E-state index in [1.807, 2.05) is 19.1 Å². The average Bonchev–Trinajstić information content (AvgIpc) is 3.53. The Kier molecular flexibility index (Phi) is 6.59. The van der Waals surface area contributed by atoms with Gasteiger partial charge in [0.25, 0.3) is 5.91 Å². The van der Waals surface area contributed by atoms with Crippen molar-refractivity contribution in [2.24, 2.45) is 23.2 Å². The number of ether oxygens (including phenoxy) is 1. The monoisotopic (exact) mass is 545 g/mol. The Bertz CT molecular complexity index is 1330. The lowest BCUT2D eigenvalue weighted by atomic mass is 9.58. The second-order valence-electron chi connectivity index (χ2n) is 12.8. The number of hydrogen-bond donors (Lipinski definition) is 1. The van der Waals surface area contributed by atoms with Crippen LogP contribution in [0.25, 0.3) is 0 Å². The highest BCUT2D eigenvalue weighted by molar-refractivity contribution is 5.95. The molecule has 0 radical (unpaired) electrons. The van der Waals surface area contributed by atoms with E-state index in [-0.39, 0.29) is 46.9 Å². The lowest BCUT2D eigenvalue weighted by molar-refractivity contribution is -0.161. The molecule has 1 aromatic carbocycles. The van der Waals surface area contributed by atoms with E-state index in [4.69, 9.17) is 9.84 Å². The number of carbonyl (C=O) groups is 2. The van der Waals surface area contributed by atoms with Crippen LogP contribution in [-0.4, -0.2) is 34.3 Å². The summed E-state index contributed by atoms with van der Waals surface area (Å²) in [5, 5.41) is 8.40. The molecule has 3 fully saturated rings. The second kappa shape index (κ2) is 10.1. The minimum absolute atomic E-state index is 0.0389. The van der Waals surface area contributed by atoms with Gasteiger partial charge in [0, 0.05) is 34.6 Å². The fraction of sp³-hybridized carbons (Fsp3) is 0.606. The molecular weight excluding hydrogens is 505 g/mol. The van der Waals surface area contributed by atoms with Gasteiger partial charge in [-0.1, -0.05) is 50.0 Å². The molecule has 7 rings (SSSR count). The highest BCUT2D eigenvalue weighted by Gasteiger charge is 2.77. The number of allylic oxidation sites excluding steroid dienone is 1. The van der Waals surface area contributed by atoms with Crippen molar-refractivity contribution >= 4 is 11.9 Å². The van der Waals surface area contributed by atoms with Crippen molar-refractivity contribution in [1.29, 1.82) is 0 Å². The van der Waals surface area contributed by atoms with Crippen LogP contribution in [0.4, 0.5) is 4.39 Å². The predicted octanol–water partition coefficient (Wildman–Crippen LogP) is 6.06. The summed E-state index contributed by atoms with van der Waals surface area (Å²) in [5.74, 6) is 0.0381. The molecule has 1 spiro atoms. The van der Waals surface area contributed by atoms with E-state index in [9.17, 15) is 14.0 Å². The molecule has 2 aromatic rings. The number of halogens is 1. The molecule has 4 unspecified atom stereocenters. The molecule has 6 nitrogen and oxygen atoms in total. The summed E-state index contributed by atoms with van der Waals surface area (Å²) in [5.41, 5.74) is 3.92. The Hall–Kier alpha value is -2.96. The van der Waals surface area contributed by atoms with Crippen LogP contribution in [0, 0.1) is 29.0 Å². The van der Waals surface area contributed by atoms with E-state index in [1.165, 1.54) is 37.1 Å². The van der Waals surface area contributed by atoms with Crippen molar-refractivity contribution < 1.29 is 18.7 Å². The number of amides is 1. The van der Waals surface area contributed by atoms with Gasteiger partial charge in [-0.3, -0.25) is 14.3 Å². The molecule has 40 heavy (non-hydrogen) atoms. The smallest absolute Gasteiger partial charge is 0.311 e. The van der Waals surface area contributed by atoms with Crippen molar-refractivity contribution in [3.05, 3.63) is 64.7 Å². The third-order valence-corrected chi connectivity index (χ3v) is 10.6. The number of hydrogen-bond acceptors (Lipinski definition) is 4. The van der Waals surface area contributed by atoms with E-state index in [0.29, 0.717) is 24.3 Å². The number of fused-ring (bicyclic) bond motifs is 1. The molecule has 3 saturated carbocycles. The Balaban J connectivity index is 1.22. The van der Waals surface area contributed by atoms with Crippen LogP contribution in [-0.2, 0) is 22.4 Å². The standard InChI is InChI=1S/C33H40FN3O3/c1-2-40-32(39)27-29(26-17-14-22-19-33(22,26)27)35-31(38)28-25-11-7-6-8-21(18-20-12-15-23(34)16-13-20)30(25)37(36-28)24-9-4-3-5-10-24/h12-17,21-22,24,26-27,29H,2-11,18-19H2,1H3,(H,35,38)/t21?,22?,26?,27-,29+,33?/m0/s1. The number of esters is 1. The maximum atomic E-state index is 14.1. The molecule has 1 heterocycles. The fourth-order valence-corrected chi connectivity index (χ4v) is 8.70. The summed E-state index contributed by atoms with van der Waals surface area (Å²) in [6, 6.07) is 6.91. The molecule has 0 aliphatic heterocycles. The van der Waals surface area contributed by atoms with E-state index < -0.39 is 0 Å². The lowest BCUT2D eigenvalue weighted by Crippen LogP contribution is -2.63. The Morgan fingerprint density at radius 2 is 1.85 bits per heavy atom. The van der Waals surface area contributed by atoms with Gasteiger partial charge in [-0.15, -0.1) is 0 Å². The summed E-state index contributed by atoms with van der Waals surface area (Å²) in [6.45, 7) is 2.19. The zero-order valence-corrected chi connectivity index (χ0v) is 23.4. The van der Waals surface area contributed by atoms with Gasteiger partial charge in [0.15, 0.2) is 5.69 Å². The minimum atomic E-state index is -0.286. The van der Waals surface area contributed by atoms with Gasteiger partial charge in [-0.25, -0.2) is 4.39 Å². The fourth-order valence-electron chi connectivity index (χ4n) is 8.70. The summed E-state index contributed by atoms with van der Waals surface area (Å²) in [7, 11) is 0. The van der Waals surface area contributed by atoms with Crippen molar-refractivity contribution in [3.63, 3.8) is 0 Å². The predicted molar refractivity (Wildman–Crippen MR) is 149 cm³/mol. The second-order valence-corrected chi connectivity index (χ2v) is 12.8. The maximum absolute atomic E-state index is 14.1. The number of rotatable bonds is 7. The molecule has 0 bridgehead atoms. The molecule has 6 atom stereocenters. The quantitative estimate of drug-likeness (QED) is 0.261. The summed E-state index contributed by atoms with van der Waals surface area (Å²) in [6.07, 6.45) is 16.0. The Morgan fingerprint density at radius 3 is 2.60 bits per heavy atom. The molecule has 1 amide bonds.